The minimum atomic E-state index is -3.02. The van der Waals surface area contributed by atoms with Crippen molar-refractivity contribution in [1.82, 2.24) is 4.90 Å². The molecule has 1 saturated heterocycles. The van der Waals surface area contributed by atoms with Gasteiger partial charge in [0.15, 0.2) is 9.84 Å². The Labute approximate surface area is 126 Å². The monoisotopic (exact) mass is 361 g/mol. The second-order valence-electron chi connectivity index (χ2n) is 4.99. The van der Waals surface area contributed by atoms with Crippen LogP contribution in [0.2, 0.25) is 0 Å². The highest BCUT2D eigenvalue weighted by molar-refractivity contribution is 9.10. The standard InChI is InChI=1S/C13H16BrNO4S/c14-11-3-1-2-10(6-11)7-15(8-13(16)17)12-4-5-20(18,19)9-12/h1-3,6,12H,4-5,7-9H2,(H,16,17). The van der Waals surface area contributed by atoms with E-state index in [1.54, 1.807) is 4.90 Å². The van der Waals surface area contributed by atoms with E-state index in [1.165, 1.54) is 0 Å². The van der Waals surface area contributed by atoms with Gasteiger partial charge in [0.2, 0.25) is 0 Å². The summed E-state index contributed by atoms with van der Waals surface area (Å²) in [5.41, 5.74) is 0.963. The summed E-state index contributed by atoms with van der Waals surface area (Å²) in [6.45, 7) is 0.290. The average Bonchev–Trinajstić information content (AvgIpc) is 2.68. The zero-order valence-corrected chi connectivity index (χ0v) is 13.2. The predicted octanol–water partition coefficient (Wildman–Crippen LogP) is 1.52. The maximum Gasteiger partial charge on any atom is 0.317 e. The van der Waals surface area contributed by atoms with E-state index in [0.29, 0.717) is 13.0 Å². The van der Waals surface area contributed by atoms with Gasteiger partial charge in [-0.3, -0.25) is 9.69 Å². The van der Waals surface area contributed by atoms with Gasteiger partial charge < -0.3 is 5.11 Å². The largest absolute Gasteiger partial charge is 0.480 e. The highest BCUT2D eigenvalue weighted by Gasteiger charge is 2.33. The molecule has 1 aromatic carbocycles. The number of sulfone groups is 1. The molecule has 7 heteroatoms. The van der Waals surface area contributed by atoms with E-state index in [9.17, 15) is 13.2 Å². The van der Waals surface area contributed by atoms with E-state index in [2.05, 4.69) is 15.9 Å². The molecule has 0 saturated carbocycles. The molecule has 1 N–H and O–H groups in total. The van der Waals surface area contributed by atoms with Crippen LogP contribution in [0.1, 0.15) is 12.0 Å². The van der Waals surface area contributed by atoms with Gasteiger partial charge in [0.1, 0.15) is 0 Å². The highest BCUT2D eigenvalue weighted by Crippen LogP contribution is 2.21. The molecule has 0 amide bonds. The van der Waals surface area contributed by atoms with Crippen LogP contribution in [0.15, 0.2) is 28.7 Å². The third kappa shape index (κ3) is 4.29. The summed E-state index contributed by atoms with van der Waals surface area (Å²) in [6.07, 6.45) is 0.504. The van der Waals surface area contributed by atoms with Gasteiger partial charge >= 0.3 is 5.97 Å². The average molecular weight is 362 g/mol. The molecular weight excluding hydrogens is 346 g/mol. The van der Waals surface area contributed by atoms with E-state index in [-0.39, 0.29) is 24.1 Å². The third-order valence-electron chi connectivity index (χ3n) is 3.34. The number of carboxylic acids is 1. The molecule has 110 valence electrons. The maximum atomic E-state index is 11.6. The van der Waals surface area contributed by atoms with Crippen molar-refractivity contribution >= 4 is 31.7 Å². The first kappa shape index (κ1) is 15.5. The van der Waals surface area contributed by atoms with Crippen molar-refractivity contribution in [1.29, 1.82) is 0 Å². The maximum absolute atomic E-state index is 11.6. The van der Waals surface area contributed by atoms with E-state index < -0.39 is 15.8 Å². The van der Waals surface area contributed by atoms with E-state index >= 15 is 0 Å². The first-order valence-electron chi connectivity index (χ1n) is 6.26. The van der Waals surface area contributed by atoms with Crippen molar-refractivity contribution in [2.75, 3.05) is 18.1 Å². The number of rotatable bonds is 5. The van der Waals surface area contributed by atoms with Gasteiger partial charge in [0.05, 0.1) is 18.1 Å². The number of benzene rings is 1. The van der Waals surface area contributed by atoms with Crippen molar-refractivity contribution in [3.05, 3.63) is 34.3 Å². The lowest BCUT2D eigenvalue weighted by Crippen LogP contribution is -2.39. The molecule has 1 heterocycles. The number of carbonyl (C=O) groups is 1. The van der Waals surface area contributed by atoms with Gasteiger partial charge in [-0.15, -0.1) is 0 Å². The fourth-order valence-corrected chi connectivity index (χ4v) is 4.63. The molecule has 0 aliphatic carbocycles. The fraction of sp³-hybridized carbons (Fsp3) is 0.462. The van der Waals surface area contributed by atoms with Crippen LogP contribution in [-0.4, -0.2) is 48.5 Å². The van der Waals surface area contributed by atoms with E-state index in [1.807, 2.05) is 24.3 Å². The molecule has 5 nitrogen and oxygen atoms in total. The molecule has 1 aliphatic rings. The first-order valence-corrected chi connectivity index (χ1v) is 8.88. The number of halogens is 1. The molecule has 1 aromatic rings. The van der Waals surface area contributed by atoms with Gasteiger partial charge in [-0.1, -0.05) is 28.1 Å². The lowest BCUT2D eigenvalue weighted by atomic mass is 10.1. The summed E-state index contributed by atoms with van der Waals surface area (Å²) >= 11 is 3.37. The zero-order chi connectivity index (χ0) is 14.8. The smallest absolute Gasteiger partial charge is 0.317 e. The minimum Gasteiger partial charge on any atom is -0.480 e. The summed E-state index contributed by atoms with van der Waals surface area (Å²) in [5, 5.41) is 9.01. The van der Waals surface area contributed by atoms with Crippen molar-refractivity contribution in [3.8, 4) is 0 Å². The molecule has 2 rings (SSSR count). The Kier molecular flexibility index (Phi) is 4.82. The number of carboxylic acid groups (broad SMARTS) is 1. The molecular formula is C13H16BrNO4S. The summed E-state index contributed by atoms with van der Waals surface area (Å²) in [6, 6.07) is 7.38. The molecule has 1 aliphatic heterocycles. The SMILES string of the molecule is O=C(O)CN(Cc1cccc(Br)c1)C1CCS(=O)(=O)C1. The van der Waals surface area contributed by atoms with Gasteiger partial charge in [-0.05, 0) is 24.1 Å². The van der Waals surface area contributed by atoms with Crippen LogP contribution < -0.4 is 0 Å². The van der Waals surface area contributed by atoms with Crippen LogP contribution in [0.25, 0.3) is 0 Å². The first-order chi connectivity index (χ1) is 9.35. The summed E-state index contributed by atoms with van der Waals surface area (Å²) in [7, 11) is -3.02. The topological polar surface area (TPSA) is 74.7 Å². The lowest BCUT2D eigenvalue weighted by Gasteiger charge is -2.26. The van der Waals surface area contributed by atoms with Gasteiger partial charge in [-0.2, -0.15) is 0 Å². The minimum absolute atomic E-state index is 0.0499. The van der Waals surface area contributed by atoms with Crippen LogP contribution in [0.5, 0.6) is 0 Å². The van der Waals surface area contributed by atoms with Gasteiger partial charge in [0, 0.05) is 17.1 Å². The van der Waals surface area contributed by atoms with Crippen LogP contribution in [0.4, 0.5) is 0 Å². The highest BCUT2D eigenvalue weighted by atomic mass is 79.9. The van der Waals surface area contributed by atoms with Crippen molar-refractivity contribution in [3.63, 3.8) is 0 Å². The van der Waals surface area contributed by atoms with Crippen molar-refractivity contribution < 1.29 is 18.3 Å². The molecule has 20 heavy (non-hydrogen) atoms. The number of nitrogens with zero attached hydrogens (tertiary/aromatic N) is 1. The van der Waals surface area contributed by atoms with Crippen LogP contribution in [0.3, 0.4) is 0 Å². The quantitative estimate of drug-likeness (QED) is 0.860. The van der Waals surface area contributed by atoms with Crippen LogP contribution in [-0.2, 0) is 21.2 Å². The number of hydrogen-bond acceptors (Lipinski definition) is 4. The normalized spacial score (nSPS) is 21.2. The Morgan fingerprint density at radius 3 is 2.75 bits per heavy atom. The number of hydrogen-bond donors (Lipinski definition) is 1. The molecule has 0 radical (unpaired) electrons. The van der Waals surface area contributed by atoms with Crippen LogP contribution in [0, 0.1) is 0 Å². The van der Waals surface area contributed by atoms with Crippen LogP contribution >= 0.6 is 15.9 Å². The Bertz CT molecular complexity index is 602. The summed E-state index contributed by atoms with van der Waals surface area (Å²) in [5.74, 6) is -0.745. The molecule has 1 unspecified atom stereocenters. The van der Waals surface area contributed by atoms with E-state index in [0.717, 1.165) is 10.0 Å². The van der Waals surface area contributed by atoms with Gasteiger partial charge in [-0.25, -0.2) is 8.42 Å². The van der Waals surface area contributed by atoms with Gasteiger partial charge in [0.25, 0.3) is 0 Å². The predicted molar refractivity (Wildman–Crippen MR) is 79.2 cm³/mol. The van der Waals surface area contributed by atoms with Crippen molar-refractivity contribution in [2.24, 2.45) is 0 Å². The molecule has 1 atom stereocenters. The third-order valence-corrected chi connectivity index (χ3v) is 5.58. The molecule has 1 fully saturated rings. The Balaban J connectivity index is 2.14. The van der Waals surface area contributed by atoms with E-state index in [4.69, 9.17) is 5.11 Å². The lowest BCUT2D eigenvalue weighted by molar-refractivity contribution is -0.139. The zero-order valence-electron chi connectivity index (χ0n) is 10.8. The Morgan fingerprint density at radius 1 is 1.45 bits per heavy atom. The Hall–Kier alpha value is -0.920. The number of aliphatic carboxylic acids is 1. The van der Waals surface area contributed by atoms with Crippen molar-refractivity contribution in [2.45, 2.75) is 19.0 Å². The molecule has 0 spiro atoms. The second-order valence-corrected chi connectivity index (χ2v) is 8.13. The molecule has 0 bridgehead atoms. The Morgan fingerprint density at radius 2 is 2.20 bits per heavy atom. The summed E-state index contributed by atoms with van der Waals surface area (Å²) < 4.78 is 24.0. The fourth-order valence-electron chi connectivity index (χ4n) is 2.42. The molecule has 0 aromatic heterocycles. The summed E-state index contributed by atoms with van der Waals surface area (Å²) in [4.78, 5) is 12.7. The second kappa shape index (κ2) is 6.24.